The first-order valence-corrected chi connectivity index (χ1v) is 9.62. The van der Waals surface area contributed by atoms with Gasteiger partial charge in [0.2, 0.25) is 6.29 Å². The van der Waals surface area contributed by atoms with E-state index in [1.165, 1.54) is 0 Å². The lowest BCUT2D eigenvalue weighted by atomic mass is 9.97. The number of aliphatic hydroxyl groups is 4. The number of rotatable bonds is 4. The Balaban J connectivity index is 1.63. The van der Waals surface area contributed by atoms with E-state index in [0.29, 0.717) is 11.6 Å². The van der Waals surface area contributed by atoms with Gasteiger partial charge in [-0.3, -0.25) is 0 Å². The Kier molecular flexibility index (Phi) is 5.59. The van der Waals surface area contributed by atoms with E-state index >= 15 is 0 Å². The summed E-state index contributed by atoms with van der Waals surface area (Å²) in [6.07, 6.45) is -4.96. The van der Waals surface area contributed by atoms with Gasteiger partial charge >= 0.3 is 0 Å². The maximum absolute atomic E-state index is 10.2. The van der Waals surface area contributed by atoms with Crippen molar-refractivity contribution in [2.75, 3.05) is 12.3 Å². The summed E-state index contributed by atoms with van der Waals surface area (Å²) in [4.78, 5) is 4.13. The molecule has 8 heteroatoms. The van der Waals surface area contributed by atoms with Crippen LogP contribution in [0, 0.1) is 6.92 Å². The number of hydrogen-bond donors (Lipinski definition) is 5. The molecule has 0 radical (unpaired) electrons. The highest BCUT2D eigenvalue weighted by atomic mass is 16.7. The van der Waals surface area contributed by atoms with E-state index in [1.807, 2.05) is 43.3 Å². The summed E-state index contributed by atoms with van der Waals surface area (Å²) in [6, 6.07) is 13.3. The van der Waals surface area contributed by atoms with Crippen molar-refractivity contribution in [2.24, 2.45) is 0 Å². The third kappa shape index (κ3) is 3.60. The number of nitrogens with zero attached hydrogens (tertiary/aromatic N) is 1. The number of fused-ring (bicyclic) bond motifs is 1. The molecule has 2 aromatic carbocycles. The number of nitrogens with two attached hydrogens (primary N) is 1. The van der Waals surface area contributed by atoms with Crippen LogP contribution in [0.5, 0.6) is 5.75 Å². The molecule has 0 saturated carbocycles. The average Bonchev–Trinajstić information content (AvgIpc) is 2.75. The number of aromatic nitrogens is 1. The zero-order valence-corrected chi connectivity index (χ0v) is 16.3. The smallest absolute Gasteiger partial charge is 0.229 e. The molecule has 8 nitrogen and oxygen atoms in total. The first-order valence-electron chi connectivity index (χ1n) is 9.62. The molecule has 1 aliphatic heterocycles. The Morgan fingerprint density at radius 1 is 1.03 bits per heavy atom. The van der Waals surface area contributed by atoms with Crippen LogP contribution in [0.25, 0.3) is 21.9 Å². The number of ether oxygens (including phenoxy) is 2. The van der Waals surface area contributed by atoms with Crippen LogP contribution in [0.15, 0.2) is 48.7 Å². The van der Waals surface area contributed by atoms with Crippen LogP contribution in [0.1, 0.15) is 5.56 Å². The van der Waals surface area contributed by atoms with Crippen LogP contribution < -0.4 is 10.5 Å². The van der Waals surface area contributed by atoms with Gasteiger partial charge in [-0.1, -0.05) is 24.3 Å². The molecule has 158 valence electrons. The SMILES string of the molecule is Cc1cc(-c2cccc3c(N)nccc23)ccc1OC1OC(CO)C(O)C(O)C1O. The van der Waals surface area contributed by atoms with Crippen molar-refractivity contribution < 1.29 is 29.9 Å². The molecule has 1 aromatic heterocycles. The van der Waals surface area contributed by atoms with E-state index in [0.717, 1.165) is 27.5 Å². The molecule has 2 heterocycles. The van der Waals surface area contributed by atoms with Crippen molar-refractivity contribution in [3.63, 3.8) is 0 Å². The fourth-order valence-corrected chi connectivity index (χ4v) is 3.72. The molecular formula is C22H24N2O6. The highest BCUT2D eigenvalue weighted by Crippen LogP contribution is 2.34. The van der Waals surface area contributed by atoms with Crippen molar-refractivity contribution in [2.45, 2.75) is 37.6 Å². The fourth-order valence-electron chi connectivity index (χ4n) is 3.72. The minimum absolute atomic E-state index is 0.449. The molecule has 1 fully saturated rings. The number of aliphatic hydroxyl groups excluding tert-OH is 4. The van der Waals surface area contributed by atoms with Crippen LogP contribution in [-0.4, -0.2) is 62.7 Å². The van der Waals surface area contributed by atoms with Crippen molar-refractivity contribution in [3.05, 3.63) is 54.2 Å². The zero-order chi connectivity index (χ0) is 21.4. The van der Waals surface area contributed by atoms with Crippen molar-refractivity contribution >= 4 is 16.6 Å². The molecule has 0 spiro atoms. The van der Waals surface area contributed by atoms with Gasteiger partial charge in [-0.2, -0.15) is 0 Å². The number of nitrogen functional groups attached to an aromatic ring is 1. The number of anilines is 1. The van der Waals surface area contributed by atoms with Gasteiger partial charge in [0.05, 0.1) is 6.61 Å². The highest BCUT2D eigenvalue weighted by molar-refractivity contribution is 6.01. The molecule has 3 aromatic rings. The van der Waals surface area contributed by atoms with Gasteiger partial charge < -0.3 is 35.6 Å². The standard InChI is InChI=1S/C22H24N2O6/c1-11-9-12(13-3-2-4-15-14(13)7-8-24-21(15)23)5-6-16(11)29-22-20(28)19(27)18(26)17(10-25)30-22/h2-9,17-20,22,25-28H,10H2,1H3,(H2,23,24). The molecule has 0 aliphatic carbocycles. The van der Waals surface area contributed by atoms with E-state index in [9.17, 15) is 20.4 Å². The van der Waals surface area contributed by atoms with E-state index in [2.05, 4.69) is 4.98 Å². The van der Waals surface area contributed by atoms with Gasteiger partial charge in [-0.25, -0.2) is 4.98 Å². The molecule has 0 bridgehead atoms. The predicted molar refractivity (Wildman–Crippen MR) is 111 cm³/mol. The number of pyridine rings is 1. The van der Waals surface area contributed by atoms with Crippen LogP contribution in [0.2, 0.25) is 0 Å². The second kappa shape index (κ2) is 8.17. The molecule has 6 N–H and O–H groups in total. The van der Waals surface area contributed by atoms with Crippen LogP contribution in [0.3, 0.4) is 0 Å². The van der Waals surface area contributed by atoms with Gasteiger partial charge in [0, 0.05) is 11.6 Å². The summed E-state index contributed by atoms with van der Waals surface area (Å²) in [5.41, 5.74) is 8.71. The summed E-state index contributed by atoms with van der Waals surface area (Å²) >= 11 is 0. The van der Waals surface area contributed by atoms with Crippen molar-refractivity contribution in [1.29, 1.82) is 0 Å². The Bertz CT molecular complexity index is 1060. The molecule has 30 heavy (non-hydrogen) atoms. The first kappa shape index (κ1) is 20.5. The second-order valence-electron chi connectivity index (χ2n) is 7.39. The molecule has 0 amide bonds. The lowest BCUT2D eigenvalue weighted by Gasteiger charge is -2.39. The molecule has 1 saturated heterocycles. The summed E-state index contributed by atoms with van der Waals surface area (Å²) in [5.74, 6) is 0.915. The van der Waals surface area contributed by atoms with Crippen LogP contribution in [-0.2, 0) is 4.74 Å². The fraction of sp³-hybridized carbons (Fsp3) is 0.318. The maximum atomic E-state index is 10.2. The summed E-state index contributed by atoms with van der Waals surface area (Å²) in [5, 5.41) is 41.2. The summed E-state index contributed by atoms with van der Waals surface area (Å²) in [6.45, 7) is 1.34. The van der Waals surface area contributed by atoms with Gasteiger partial charge in [0.15, 0.2) is 0 Å². The second-order valence-corrected chi connectivity index (χ2v) is 7.39. The lowest BCUT2D eigenvalue weighted by molar-refractivity contribution is -0.277. The quantitative estimate of drug-likeness (QED) is 0.427. The number of hydrogen-bond acceptors (Lipinski definition) is 8. The third-order valence-corrected chi connectivity index (χ3v) is 5.41. The summed E-state index contributed by atoms with van der Waals surface area (Å²) < 4.78 is 11.2. The summed E-state index contributed by atoms with van der Waals surface area (Å²) in [7, 11) is 0. The Labute approximate surface area is 173 Å². The van der Waals surface area contributed by atoms with Crippen LogP contribution >= 0.6 is 0 Å². The molecular weight excluding hydrogens is 388 g/mol. The predicted octanol–water partition coefficient (Wildman–Crippen LogP) is 0.971. The maximum Gasteiger partial charge on any atom is 0.229 e. The van der Waals surface area contributed by atoms with Crippen molar-refractivity contribution in [3.8, 4) is 16.9 Å². The van der Waals surface area contributed by atoms with Gasteiger partial charge in [0.1, 0.15) is 36.0 Å². The van der Waals surface area contributed by atoms with Gasteiger partial charge in [-0.05, 0) is 47.2 Å². The monoisotopic (exact) mass is 412 g/mol. The molecule has 5 unspecified atom stereocenters. The largest absolute Gasteiger partial charge is 0.462 e. The number of benzene rings is 2. The van der Waals surface area contributed by atoms with Crippen molar-refractivity contribution in [1.82, 2.24) is 4.98 Å². The van der Waals surface area contributed by atoms with Gasteiger partial charge in [0.25, 0.3) is 0 Å². The molecule has 5 atom stereocenters. The van der Waals surface area contributed by atoms with Gasteiger partial charge in [-0.15, -0.1) is 0 Å². The topological polar surface area (TPSA) is 138 Å². The Hall–Kier alpha value is -2.75. The molecule has 1 aliphatic rings. The van der Waals surface area contributed by atoms with E-state index in [-0.39, 0.29) is 0 Å². The van der Waals surface area contributed by atoms with E-state index < -0.39 is 37.3 Å². The van der Waals surface area contributed by atoms with Crippen LogP contribution in [0.4, 0.5) is 5.82 Å². The minimum atomic E-state index is -1.49. The zero-order valence-electron chi connectivity index (χ0n) is 16.3. The number of aryl methyl sites for hydroxylation is 1. The third-order valence-electron chi connectivity index (χ3n) is 5.41. The molecule has 4 rings (SSSR count). The lowest BCUT2D eigenvalue weighted by Crippen LogP contribution is -2.60. The Morgan fingerprint density at radius 2 is 1.83 bits per heavy atom. The Morgan fingerprint density at radius 3 is 2.57 bits per heavy atom. The van der Waals surface area contributed by atoms with E-state index in [4.69, 9.17) is 15.2 Å². The first-order chi connectivity index (χ1) is 14.4. The van der Waals surface area contributed by atoms with E-state index in [1.54, 1.807) is 12.3 Å². The highest BCUT2D eigenvalue weighted by Gasteiger charge is 2.44. The minimum Gasteiger partial charge on any atom is -0.462 e. The average molecular weight is 412 g/mol. The normalized spacial score (nSPS) is 26.6.